The minimum absolute atomic E-state index is 0.0972. The third-order valence-electron chi connectivity index (χ3n) is 1.85. The van der Waals surface area contributed by atoms with Crippen LogP contribution in [0.5, 0.6) is 0 Å². The maximum Gasteiger partial charge on any atom is 0.0610 e. The smallest absolute Gasteiger partial charge is 0.0610 e. The average Bonchev–Trinajstić information content (AvgIpc) is 2.17. The number of hydrogen-bond donors (Lipinski definition) is 4. The molecule has 12 heavy (non-hydrogen) atoms. The van der Waals surface area contributed by atoms with Gasteiger partial charge in [-0.25, -0.2) is 0 Å². The van der Waals surface area contributed by atoms with E-state index in [2.05, 4.69) is 0 Å². The van der Waals surface area contributed by atoms with E-state index in [0.29, 0.717) is 6.54 Å². The molecule has 4 heteroatoms. The molecule has 76 valence electrons. The zero-order valence-corrected chi connectivity index (χ0v) is 8.08. The molecule has 0 saturated carbocycles. The first-order chi connectivity index (χ1) is 5.60. The molecule has 0 unspecified atom stereocenters. The second-order valence-electron chi connectivity index (χ2n) is 2.74. The van der Waals surface area contributed by atoms with Gasteiger partial charge in [-0.1, -0.05) is 13.8 Å². The van der Waals surface area contributed by atoms with Crippen LogP contribution in [0.4, 0.5) is 0 Å². The van der Waals surface area contributed by atoms with Gasteiger partial charge in [-0.3, -0.25) is 0 Å². The normalized spacial score (nSPS) is 10.5. The van der Waals surface area contributed by atoms with Crippen LogP contribution in [0.3, 0.4) is 0 Å². The first-order valence-electron chi connectivity index (χ1n) is 4.30. The van der Waals surface area contributed by atoms with E-state index in [4.69, 9.17) is 21.7 Å². The first-order valence-corrected chi connectivity index (χ1v) is 4.30. The van der Waals surface area contributed by atoms with Crippen LogP contribution in [0.2, 0.25) is 0 Å². The van der Waals surface area contributed by atoms with E-state index < -0.39 is 0 Å². The summed E-state index contributed by atoms with van der Waals surface area (Å²) >= 11 is 0. The van der Waals surface area contributed by atoms with E-state index in [1.165, 1.54) is 0 Å². The molecule has 4 nitrogen and oxygen atoms in total. The minimum Gasteiger partial charge on any atom is -0.395 e. The molecule has 0 rings (SSSR count). The fourth-order valence-corrected chi connectivity index (χ4v) is 0.474. The molecule has 0 amide bonds. The van der Waals surface area contributed by atoms with Crippen molar-refractivity contribution in [2.75, 3.05) is 19.8 Å². The van der Waals surface area contributed by atoms with Gasteiger partial charge in [0.1, 0.15) is 0 Å². The summed E-state index contributed by atoms with van der Waals surface area (Å²) in [4.78, 5) is 0. The molecule has 0 aromatic heterocycles. The second kappa shape index (κ2) is 8.93. The number of hydrogen-bond acceptors (Lipinski definition) is 4. The first kappa shape index (κ1) is 14.4. The third kappa shape index (κ3) is 7.94. The summed E-state index contributed by atoms with van der Waals surface area (Å²) < 4.78 is 0. The second-order valence-corrected chi connectivity index (χ2v) is 2.74. The van der Waals surface area contributed by atoms with Gasteiger partial charge in [-0.2, -0.15) is 0 Å². The van der Waals surface area contributed by atoms with E-state index >= 15 is 0 Å². The van der Waals surface area contributed by atoms with Gasteiger partial charge < -0.3 is 21.7 Å². The molecular weight excluding hydrogens is 156 g/mol. The number of aliphatic hydroxyl groups excluding tert-OH is 2. The molecule has 0 bridgehead atoms. The predicted octanol–water partition coefficient (Wildman–Crippen LogP) is -0.566. The summed E-state index contributed by atoms with van der Waals surface area (Å²) in [7, 11) is 0. The van der Waals surface area contributed by atoms with Gasteiger partial charge in [-0.05, 0) is 12.8 Å². The Morgan fingerprint density at radius 3 is 1.50 bits per heavy atom. The molecule has 0 aliphatic carbocycles. The fraction of sp³-hybridized carbons (Fsp3) is 1.00. The Morgan fingerprint density at radius 1 is 1.17 bits per heavy atom. The fourth-order valence-electron chi connectivity index (χ4n) is 0.474. The van der Waals surface area contributed by atoms with Crippen molar-refractivity contribution in [1.82, 2.24) is 0 Å². The number of rotatable bonds is 4. The Kier molecular flexibility index (Phi) is 10.7. The average molecular weight is 178 g/mol. The van der Waals surface area contributed by atoms with Crippen LogP contribution in [0, 0.1) is 0 Å². The standard InChI is InChI=1S/C6H15NO.C2H7NO/c1-3-6(7,4-2)5-8;3-1-2-4/h8H,3-5,7H2,1-2H3;4H,1-3H2. The van der Waals surface area contributed by atoms with Crippen molar-refractivity contribution in [2.45, 2.75) is 32.2 Å². The van der Waals surface area contributed by atoms with Gasteiger partial charge in [0.15, 0.2) is 0 Å². The maximum absolute atomic E-state index is 8.66. The lowest BCUT2D eigenvalue weighted by molar-refractivity contribution is 0.187. The Hall–Kier alpha value is -0.160. The highest BCUT2D eigenvalue weighted by Gasteiger charge is 2.17. The predicted molar refractivity (Wildman–Crippen MR) is 50.7 cm³/mol. The summed E-state index contributed by atoms with van der Waals surface area (Å²) in [5, 5.41) is 16.4. The van der Waals surface area contributed by atoms with Crippen molar-refractivity contribution >= 4 is 0 Å². The van der Waals surface area contributed by atoms with E-state index in [1.807, 2.05) is 13.8 Å². The van der Waals surface area contributed by atoms with E-state index in [-0.39, 0.29) is 18.8 Å². The lowest BCUT2D eigenvalue weighted by atomic mass is 9.96. The molecule has 0 fully saturated rings. The van der Waals surface area contributed by atoms with Gasteiger partial charge in [0.05, 0.1) is 13.2 Å². The van der Waals surface area contributed by atoms with Gasteiger partial charge in [-0.15, -0.1) is 0 Å². The van der Waals surface area contributed by atoms with Crippen molar-refractivity contribution in [2.24, 2.45) is 11.5 Å². The zero-order valence-electron chi connectivity index (χ0n) is 8.08. The summed E-state index contributed by atoms with van der Waals surface area (Å²) in [5.41, 5.74) is 10.1. The van der Waals surface area contributed by atoms with Crippen molar-refractivity contribution in [3.63, 3.8) is 0 Å². The van der Waals surface area contributed by atoms with Gasteiger partial charge in [0.25, 0.3) is 0 Å². The molecule has 0 aliphatic heterocycles. The highest BCUT2D eigenvalue weighted by Crippen LogP contribution is 2.08. The summed E-state index contributed by atoms with van der Waals surface area (Å²) in [6.45, 7) is 4.54. The molecule has 0 heterocycles. The molecule has 0 atom stereocenters. The molecule has 0 saturated heterocycles. The number of nitrogens with two attached hydrogens (primary N) is 2. The molecule has 6 N–H and O–H groups in total. The van der Waals surface area contributed by atoms with E-state index in [1.54, 1.807) is 0 Å². The maximum atomic E-state index is 8.66. The number of aliphatic hydroxyl groups is 2. The van der Waals surface area contributed by atoms with Crippen molar-refractivity contribution in [3.05, 3.63) is 0 Å². The summed E-state index contributed by atoms with van der Waals surface area (Å²) in [6, 6.07) is 0. The largest absolute Gasteiger partial charge is 0.395 e. The van der Waals surface area contributed by atoms with Gasteiger partial charge in [0, 0.05) is 12.1 Å². The van der Waals surface area contributed by atoms with Crippen LogP contribution in [0.25, 0.3) is 0 Å². The molecule has 0 aliphatic rings. The lowest BCUT2D eigenvalue weighted by Gasteiger charge is -2.22. The topological polar surface area (TPSA) is 92.5 Å². The summed E-state index contributed by atoms with van der Waals surface area (Å²) in [6.07, 6.45) is 1.69. The Morgan fingerprint density at radius 2 is 1.50 bits per heavy atom. The van der Waals surface area contributed by atoms with Crippen molar-refractivity contribution in [3.8, 4) is 0 Å². The van der Waals surface area contributed by atoms with Crippen molar-refractivity contribution < 1.29 is 10.2 Å². The third-order valence-corrected chi connectivity index (χ3v) is 1.85. The quantitative estimate of drug-likeness (QED) is 0.464. The molecule has 0 aromatic carbocycles. The van der Waals surface area contributed by atoms with Crippen LogP contribution < -0.4 is 11.5 Å². The molecular formula is C8H22N2O2. The van der Waals surface area contributed by atoms with Crippen molar-refractivity contribution in [1.29, 1.82) is 0 Å². The monoisotopic (exact) mass is 178 g/mol. The lowest BCUT2D eigenvalue weighted by Crippen LogP contribution is -2.42. The molecule has 0 radical (unpaired) electrons. The Labute approximate surface area is 74.6 Å². The van der Waals surface area contributed by atoms with Crippen LogP contribution in [-0.4, -0.2) is 35.5 Å². The van der Waals surface area contributed by atoms with Crippen LogP contribution in [0.15, 0.2) is 0 Å². The minimum atomic E-state index is -0.319. The van der Waals surface area contributed by atoms with Gasteiger partial charge in [0.2, 0.25) is 0 Å². The Balaban J connectivity index is 0. The zero-order chi connectivity index (χ0) is 10.0. The van der Waals surface area contributed by atoms with Crippen LogP contribution in [-0.2, 0) is 0 Å². The van der Waals surface area contributed by atoms with E-state index in [0.717, 1.165) is 12.8 Å². The van der Waals surface area contributed by atoms with Crippen LogP contribution in [0.1, 0.15) is 26.7 Å². The Bertz CT molecular complexity index is 74.9. The highest BCUT2D eigenvalue weighted by atomic mass is 16.3. The van der Waals surface area contributed by atoms with Gasteiger partial charge >= 0.3 is 0 Å². The SMILES string of the molecule is CCC(N)(CC)CO.NCCO. The molecule has 0 spiro atoms. The highest BCUT2D eigenvalue weighted by molar-refractivity contribution is 4.78. The van der Waals surface area contributed by atoms with E-state index in [9.17, 15) is 0 Å². The summed E-state index contributed by atoms with van der Waals surface area (Å²) in [5.74, 6) is 0. The van der Waals surface area contributed by atoms with Crippen LogP contribution >= 0.6 is 0 Å². The molecule has 0 aromatic rings.